The van der Waals surface area contributed by atoms with E-state index in [2.05, 4.69) is 4.98 Å². The standard InChI is InChI=1S/C15H15ClF2N2O/c1-20(8-10-5-6-14(16)19-7-10)9-13(21)15-11(17)3-2-4-12(15)18/h2-7,13,21H,8-9H2,1H3. The van der Waals surface area contributed by atoms with E-state index >= 15 is 0 Å². The molecule has 0 bridgehead atoms. The lowest BCUT2D eigenvalue weighted by molar-refractivity contribution is 0.117. The van der Waals surface area contributed by atoms with Crippen molar-refractivity contribution in [3.63, 3.8) is 0 Å². The highest BCUT2D eigenvalue weighted by Crippen LogP contribution is 2.21. The van der Waals surface area contributed by atoms with Crippen LogP contribution in [0.1, 0.15) is 17.2 Å². The SMILES string of the molecule is CN(Cc1ccc(Cl)nc1)CC(O)c1c(F)cccc1F. The van der Waals surface area contributed by atoms with E-state index in [0.717, 1.165) is 17.7 Å². The Kier molecular flexibility index (Phi) is 5.22. The Labute approximate surface area is 126 Å². The third kappa shape index (κ3) is 4.20. The zero-order valence-corrected chi connectivity index (χ0v) is 12.2. The van der Waals surface area contributed by atoms with Gasteiger partial charge >= 0.3 is 0 Å². The zero-order chi connectivity index (χ0) is 15.4. The van der Waals surface area contributed by atoms with E-state index in [9.17, 15) is 13.9 Å². The molecule has 1 N–H and O–H groups in total. The summed E-state index contributed by atoms with van der Waals surface area (Å²) in [5, 5.41) is 10.4. The summed E-state index contributed by atoms with van der Waals surface area (Å²) < 4.78 is 27.2. The van der Waals surface area contributed by atoms with Crippen molar-refractivity contribution in [1.29, 1.82) is 0 Å². The predicted molar refractivity (Wildman–Crippen MR) is 76.9 cm³/mol. The highest BCUT2D eigenvalue weighted by molar-refractivity contribution is 6.29. The van der Waals surface area contributed by atoms with E-state index in [4.69, 9.17) is 11.6 Å². The monoisotopic (exact) mass is 312 g/mol. The molecule has 21 heavy (non-hydrogen) atoms. The summed E-state index contributed by atoms with van der Waals surface area (Å²) in [5.74, 6) is -1.49. The van der Waals surface area contributed by atoms with Crippen LogP contribution in [-0.2, 0) is 6.54 Å². The molecule has 0 amide bonds. The van der Waals surface area contributed by atoms with Crippen LogP contribution in [0.2, 0.25) is 5.15 Å². The van der Waals surface area contributed by atoms with E-state index in [1.807, 2.05) is 6.07 Å². The Balaban J connectivity index is 2.02. The summed E-state index contributed by atoms with van der Waals surface area (Å²) in [5.41, 5.74) is 0.585. The molecule has 0 spiro atoms. The van der Waals surface area contributed by atoms with Crippen LogP contribution in [0, 0.1) is 11.6 Å². The smallest absolute Gasteiger partial charge is 0.131 e. The third-order valence-electron chi connectivity index (χ3n) is 3.06. The van der Waals surface area contributed by atoms with Crippen molar-refractivity contribution in [2.24, 2.45) is 0 Å². The maximum atomic E-state index is 13.6. The van der Waals surface area contributed by atoms with Crippen LogP contribution in [0.15, 0.2) is 36.5 Å². The van der Waals surface area contributed by atoms with Gasteiger partial charge in [-0.2, -0.15) is 0 Å². The molecular formula is C15H15ClF2N2O. The summed E-state index contributed by atoms with van der Waals surface area (Å²) in [6, 6.07) is 7.00. The Morgan fingerprint density at radius 1 is 1.24 bits per heavy atom. The lowest BCUT2D eigenvalue weighted by Crippen LogP contribution is -2.25. The molecule has 0 aliphatic rings. The quantitative estimate of drug-likeness (QED) is 0.862. The number of pyridine rings is 1. The minimum atomic E-state index is -1.24. The van der Waals surface area contributed by atoms with Gasteiger partial charge in [-0.3, -0.25) is 4.90 Å². The summed E-state index contributed by atoms with van der Waals surface area (Å²) in [7, 11) is 1.75. The zero-order valence-electron chi connectivity index (χ0n) is 11.4. The number of likely N-dealkylation sites (N-methyl/N-ethyl adjacent to an activating group) is 1. The van der Waals surface area contributed by atoms with Gasteiger partial charge in [0.25, 0.3) is 0 Å². The highest BCUT2D eigenvalue weighted by atomic mass is 35.5. The van der Waals surface area contributed by atoms with Gasteiger partial charge in [0.1, 0.15) is 16.8 Å². The fraction of sp³-hybridized carbons (Fsp3) is 0.267. The third-order valence-corrected chi connectivity index (χ3v) is 3.28. The maximum Gasteiger partial charge on any atom is 0.131 e. The second-order valence-electron chi connectivity index (χ2n) is 4.84. The molecule has 2 aromatic rings. The van der Waals surface area contributed by atoms with Crippen molar-refractivity contribution in [2.45, 2.75) is 12.6 Å². The normalized spacial score (nSPS) is 12.7. The van der Waals surface area contributed by atoms with E-state index in [-0.39, 0.29) is 12.1 Å². The van der Waals surface area contributed by atoms with Gasteiger partial charge in [-0.25, -0.2) is 13.8 Å². The lowest BCUT2D eigenvalue weighted by Gasteiger charge is -2.21. The summed E-state index contributed by atoms with van der Waals surface area (Å²) >= 11 is 5.70. The fourth-order valence-corrected chi connectivity index (χ4v) is 2.20. The van der Waals surface area contributed by atoms with E-state index in [0.29, 0.717) is 11.7 Å². The largest absolute Gasteiger partial charge is 0.387 e. The maximum absolute atomic E-state index is 13.6. The fourth-order valence-electron chi connectivity index (χ4n) is 2.09. The Hall–Kier alpha value is -1.56. The molecule has 0 saturated heterocycles. The number of aliphatic hydroxyl groups is 1. The first kappa shape index (κ1) is 15.8. The average molecular weight is 313 g/mol. The van der Waals surface area contributed by atoms with Crippen molar-refractivity contribution in [3.8, 4) is 0 Å². The number of hydrogen-bond acceptors (Lipinski definition) is 3. The molecule has 1 aromatic carbocycles. The molecule has 3 nitrogen and oxygen atoms in total. The number of benzene rings is 1. The van der Waals surface area contributed by atoms with E-state index in [1.165, 1.54) is 6.07 Å². The number of hydrogen-bond donors (Lipinski definition) is 1. The van der Waals surface area contributed by atoms with Gasteiger partial charge in [0.2, 0.25) is 0 Å². The molecule has 0 fully saturated rings. The first-order valence-electron chi connectivity index (χ1n) is 6.38. The molecule has 1 unspecified atom stereocenters. The molecular weight excluding hydrogens is 298 g/mol. The van der Waals surface area contributed by atoms with Gasteiger partial charge in [-0.15, -0.1) is 0 Å². The summed E-state index contributed by atoms with van der Waals surface area (Å²) in [4.78, 5) is 5.71. The van der Waals surface area contributed by atoms with Gasteiger partial charge in [0, 0.05) is 19.3 Å². The average Bonchev–Trinajstić information content (AvgIpc) is 2.41. The number of rotatable bonds is 5. The predicted octanol–water partition coefficient (Wildman–Crippen LogP) is 3.18. The van der Waals surface area contributed by atoms with Crippen LogP contribution < -0.4 is 0 Å². The molecule has 1 heterocycles. The Morgan fingerprint density at radius 2 is 1.90 bits per heavy atom. The topological polar surface area (TPSA) is 36.4 Å². The van der Waals surface area contributed by atoms with Gasteiger partial charge in [-0.05, 0) is 30.8 Å². The van der Waals surface area contributed by atoms with Crippen molar-refractivity contribution < 1.29 is 13.9 Å². The molecule has 0 aliphatic heterocycles. The minimum absolute atomic E-state index is 0.0977. The van der Waals surface area contributed by atoms with Gasteiger partial charge < -0.3 is 5.11 Å². The first-order valence-corrected chi connectivity index (χ1v) is 6.76. The number of halogens is 3. The lowest BCUT2D eigenvalue weighted by atomic mass is 10.1. The molecule has 0 saturated carbocycles. The minimum Gasteiger partial charge on any atom is -0.387 e. The second-order valence-corrected chi connectivity index (χ2v) is 5.22. The van der Waals surface area contributed by atoms with Gasteiger partial charge in [0.15, 0.2) is 0 Å². The molecule has 6 heteroatoms. The number of aliphatic hydroxyl groups excluding tert-OH is 1. The molecule has 1 aromatic heterocycles. The summed E-state index contributed by atoms with van der Waals surface area (Å²) in [6.45, 7) is 0.581. The van der Waals surface area contributed by atoms with Crippen LogP contribution in [-0.4, -0.2) is 28.6 Å². The number of aromatic nitrogens is 1. The molecule has 112 valence electrons. The Bertz CT molecular complexity index is 587. The van der Waals surface area contributed by atoms with Crippen molar-refractivity contribution in [3.05, 3.63) is 64.4 Å². The van der Waals surface area contributed by atoms with Crippen LogP contribution in [0.5, 0.6) is 0 Å². The molecule has 0 aliphatic carbocycles. The van der Waals surface area contributed by atoms with Crippen molar-refractivity contribution in [1.82, 2.24) is 9.88 Å². The van der Waals surface area contributed by atoms with Crippen LogP contribution in [0.25, 0.3) is 0 Å². The van der Waals surface area contributed by atoms with Crippen LogP contribution in [0.4, 0.5) is 8.78 Å². The van der Waals surface area contributed by atoms with Gasteiger partial charge in [0.05, 0.1) is 11.7 Å². The molecule has 2 rings (SSSR count). The van der Waals surface area contributed by atoms with E-state index in [1.54, 1.807) is 24.2 Å². The first-order chi connectivity index (χ1) is 9.97. The van der Waals surface area contributed by atoms with Crippen molar-refractivity contribution in [2.75, 3.05) is 13.6 Å². The number of nitrogens with zero attached hydrogens (tertiary/aromatic N) is 2. The second kappa shape index (κ2) is 6.93. The Morgan fingerprint density at radius 3 is 2.48 bits per heavy atom. The van der Waals surface area contributed by atoms with Crippen LogP contribution >= 0.6 is 11.6 Å². The van der Waals surface area contributed by atoms with Crippen LogP contribution in [0.3, 0.4) is 0 Å². The molecule has 0 radical (unpaired) electrons. The van der Waals surface area contributed by atoms with E-state index < -0.39 is 17.7 Å². The van der Waals surface area contributed by atoms with Crippen molar-refractivity contribution >= 4 is 11.6 Å². The molecule has 1 atom stereocenters. The highest BCUT2D eigenvalue weighted by Gasteiger charge is 2.19. The van der Waals surface area contributed by atoms with Gasteiger partial charge in [-0.1, -0.05) is 23.7 Å². The summed E-state index contributed by atoms with van der Waals surface area (Å²) in [6.07, 6.45) is 0.381.